The molecule has 0 N–H and O–H groups in total. The molecule has 2 aliphatic heterocycles. The molecule has 0 aromatic heterocycles. The van der Waals surface area contributed by atoms with Gasteiger partial charge in [-0.2, -0.15) is 0 Å². The first-order valence-electron chi connectivity index (χ1n) is 12.2. The molecule has 31 heavy (non-hydrogen) atoms. The number of carbonyl (C=O) groups excluding carboxylic acids is 2. The second-order valence-electron chi connectivity index (χ2n) is 10.1. The van der Waals surface area contributed by atoms with Crippen molar-refractivity contribution in [3.63, 3.8) is 0 Å². The lowest BCUT2D eigenvalue weighted by atomic mass is 9.79. The van der Waals surface area contributed by atoms with E-state index < -0.39 is 0 Å². The number of para-hydroxylation sites is 1. The Kier molecular flexibility index (Phi) is 7.12. The third-order valence-corrected chi connectivity index (χ3v) is 7.91. The van der Waals surface area contributed by atoms with Crippen molar-refractivity contribution in [2.24, 2.45) is 11.8 Å². The summed E-state index contributed by atoms with van der Waals surface area (Å²) in [5, 5.41) is 0. The number of ketones is 1. The molecule has 5 heteroatoms. The number of carbonyl (C=O) groups is 2. The van der Waals surface area contributed by atoms with Crippen LogP contribution in [0, 0.1) is 11.8 Å². The summed E-state index contributed by atoms with van der Waals surface area (Å²) in [7, 11) is 1.53. The zero-order valence-corrected chi connectivity index (χ0v) is 19.4. The van der Waals surface area contributed by atoms with E-state index in [2.05, 4.69) is 18.7 Å². The first kappa shape index (κ1) is 22.5. The monoisotopic (exact) mass is 426 g/mol. The first-order chi connectivity index (χ1) is 15.0. The van der Waals surface area contributed by atoms with Crippen LogP contribution in [0.5, 0.6) is 0 Å². The average molecular weight is 427 g/mol. The van der Waals surface area contributed by atoms with Crippen molar-refractivity contribution < 1.29 is 14.3 Å². The van der Waals surface area contributed by atoms with Crippen LogP contribution in [0.4, 0.5) is 5.69 Å². The Labute approximate surface area is 187 Å². The van der Waals surface area contributed by atoms with Crippen LogP contribution in [0.1, 0.15) is 70.3 Å². The number of fused-ring (bicyclic) bond motifs is 1. The van der Waals surface area contributed by atoms with Gasteiger partial charge in [-0.1, -0.05) is 32.0 Å². The Morgan fingerprint density at radius 1 is 1.03 bits per heavy atom. The first-order valence-corrected chi connectivity index (χ1v) is 12.2. The number of anilines is 1. The van der Waals surface area contributed by atoms with Gasteiger partial charge in [0.05, 0.1) is 5.92 Å². The van der Waals surface area contributed by atoms with E-state index in [1.807, 2.05) is 29.2 Å². The molecule has 1 unspecified atom stereocenters. The molecule has 1 aromatic carbocycles. The summed E-state index contributed by atoms with van der Waals surface area (Å²) >= 11 is 0. The molecule has 2 fully saturated rings. The highest BCUT2D eigenvalue weighted by molar-refractivity contribution is 6.07. The topological polar surface area (TPSA) is 49.9 Å². The van der Waals surface area contributed by atoms with Crippen LogP contribution < -0.4 is 4.90 Å². The fourth-order valence-corrected chi connectivity index (χ4v) is 6.09. The van der Waals surface area contributed by atoms with Crippen LogP contribution in [0.3, 0.4) is 0 Å². The number of Topliss-reactive ketones (excluding diaryl/α,β-unsaturated/α-hetero) is 1. The van der Waals surface area contributed by atoms with Gasteiger partial charge in [0.1, 0.15) is 6.61 Å². The molecular weight excluding hydrogens is 388 g/mol. The molecule has 1 aromatic rings. The van der Waals surface area contributed by atoms with E-state index in [-0.39, 0.29) is 36.7 Å². The van der Waals surface area contributed by atoms with Crippen LogP contribution in [0.15, 0.2) is 24.3 Å². The number of benzene rings is 1. The van der Waals surface area contributed by atoms with Crippen LogP contribution in [0.2, 0.25) is 0 Å². The molecular formula is C26H38N2O3. The molecule has 0 radical (unpaired) electrons. The highest BCUT2D eigenvalue weighted by Crippen LogP contribution is 2.42. The van der Waals surface area contributed by atoms with Crippen LogP contribution >= 0.6 is 0 Å². The molecule has 4 rings (SSSR count). The number of methoxy groups -OCH3 is 1. The van der Waals surface area contributed by atoms with Gasteiger partial charge in [0.2, 0.25) is 5.91 Å². The summed E-state index contributed by atoms with van der Waals surface area (Å²) < 4.78 is 4.99. The van der Waals surface area contributed by atoms with Crippen LogP contribution in [0.25, 0.3) is 0 Å². The normalized spacial score (nSPS) is 27.7. The largest absolute Gasteiger partial charge is 0.377 e. The van der Waals surface area contributed by atoms with Gasteiger partial charge in [-0.15, -0.1) is 0 Å². The van der Waals surface area contributed by atoms with Crippen molar-refractivity contribution >= 4 is 17.4 Å². The van der Waals surface area contributed by atoms with Gasteiger partial charge in [-0.05, 0) is 62.0 Å². The molecule has 0 spiro atoms. The lowest BCUT2D eigenvalue weighted by Gasteiger charge is -2.43. The Morgan fingerprint density at radius 3 is 2.35 bits per heavy atom. The fourth-order valence-electron chi connectivity index (χ4n) is 6.09. The molecule has 0 bridgehead atoms. The van der Waals surface area contributed by atoms with E-state index in [4.69, 9.17) is 4.74 Å². The summed E-state index contributed by atoms with van der Waals surface area (Å²) in [6.45, 7) is 6.93. The SMILES string of the molecule is COCC(=O)CC1C(=O)N(C2CCN(C3CCC(C(C)C)CC3)CC2)c2ccccc21. The second-order valence-corrected chi connectivity index (χ2v) is 10.1. The van der Waals surface area contributed by atoms with E-state index in [0.717, 1.165) is 55.1 Å². The second kappa shape index (κ2) is 9.83. The maximum Gasteiger partial charge on any atom is 0.235 e. The van der Waals surface area contributed by atoms with Crippen molar-refractivity contribution in [1.29, 1.82) is 0 Å². The van der Waals surface area contributed by atoms with E-state index in [9.17, 15) is 9.59 Å². The molecule has 1 aliphatic carbocycles. The van der Waals surface area contributed by atoms with Gasteiger partial charge in [0.25, 0.3) is 0 Å². The molecule has 5 nitrogen and oxygen atoms in total. The molecule has 1 saturated carbocycles. The van der Waals surface area contributed by atoms with Crippen LogP contribution in [-0.2, 0) is 14.3 Å². The highest BCUT2D eigenvalue weighted by atomic mass is 16.5. The summed E-state index contributed by atoms with van der Waals surface area (Å²) in [5.41, 5.74) is 2.02. The Morgan fingerprint density at radius 2 is 1.71 bits per heavy atom. The summed E-state index contributed by atoms with van der Waals surface area (Å²) in [6.07, 6.45) is 7.63. The summed E-state index contributed by atoms with van der Waals surface area (Å²) in [6, 6.07) is 8.99. The zero-order valence-electron chi connectivity index (χ0n) is 19.4. The predicted molar refractivity (Wildman–Crippen MR) is 123 cm³/mol. The average Bonchev–Trinajstić information content (AvgIpc) is 3.05. The van der Waals surface area contributed by atoms with Gasteiger partial charge in [0.15, 0.2) is 5.78 Å². The van der Waals surface area contributed by atoms with E-state index in [1.54, 1.807) is 0 Å². The maximum absolute atomic E-state index is 13.4. The molecule has 1 saturated heterocycles. The predicted octanol–water partition coefficient (Wildman–Crippen LogP) is 4.40. The number of hydrogen-bond acceptors (Lipinski definition) is 4. The Balaban J connectivity index is 1.39. The molecule has 3 aliphatic rings. The minimum atomic E-state index is -0.358. The maximum atomic E-state index is 13.4. The van der Waals surface area contributed by atoms with E-state index in [0.29, 0.717) is 0 Å². The minimum Gasteiger partial charge on any atom is -0.377 e. The number of amides is 1. The Bertz CT molecular complexity index is 777. The van der Waals surface area contributed by atoms with Crippen molar-refractivity contribution in [2.75, 3.05) is 31.7 Å². The molecule has 1 atom stereocenters. The lowest BCUT2D eigenvalue weighted by molar-refractivity contribution is -0.127. The Hall–Kier alpha value is -1.72. The number of likely N-dealkylation sites (tertiary alicyclic amines) is 1. The van der Waals surface area contributed by atoms with Gasteiger partial charge in [0, 0.05) is 44.4 Å². The molecule has 1 amide bonds. The van der Waals surface area contributed by atoms with Crippen LogP contribution in [-0.4, -0.2) is 55.5 Å². The number of rotatable bonds is 7. The summed E-state index contributed by atoms with van der Waals surface area (Å²) in [5.74, 6) is 1.43. The zero-order chi connectivity index (χ0) is 22.0. The third kappa shape index (κ3) is 4.73. The van der Waals surface area contributed by atoms with E-state index >= 15 is 0 Å². The highest BCUT2D eigenvalue weighted by Gasteiger charge is 2.42. The lowest BCUT2D eigenvalue weighted by Crippen LogP contribution is -2.50. The van der Waals surface area contributed by atoms with E-state index in [1.165, 1.54) is 32.8 Å². The van der Waals surface area contributed by atoms with Crippen molar-refractivity contribution in [1.82, 2.24) is 4.90 Å². The molecule has 170 valence electrons. The quantitative estimate of drug-likeness (QED) is 0.648. The van der Waals surface area contributed by atoms with Gasteiger partial charge < -0.3 is 14.5 Å². The van der Waals surface area contributed by atoms with Gasteiger partial charge >= 0.3 is 0 Å². The van der Waals surface area contributed by atoms with Crippen molar-refractivity contribution in [3.05, 3.63) is 29.8 Å². The minimum absolute atomic E-state index is 0.00989. The number of nitrogens with zero attached hydrogens (tertiary/aromatic N) is 2. The number of ether oxygens (including phenoxy) is 1. The number of piperidine rings is 1. The summed E-state index contributed by atoms with van der Waals surface area (Å²) in [4.78, 5) is 30.3. The third-order valence-electron chi connectivity index (χ3n) is 7.91. The van der Waals surface area contributed by atoms with Crippen molar-refractivity contribution in [3.8, 4) is 0 Å². The molecule has 2 heterocycles. The smallest absolute Gasteiger partial charge is 0.235 e. The standard InChI is InChI=1S/C26H38N2O3/c1-18(2)19-8-10-20(11-9-19)27-14-12-21(13-15-27)28-25-7-5-4-6-23(25)24(26(28)30)16-22(29)17-31-3/h4-7,18-21,24H,8-17H2,1-3H3. The fraction of sp³-hybridized carbons (Fsp3) is 0.692. The van der Waals surface area contributed by atoms with Crippen molar-refractivity contribution in [2.45, 2.75) is 76.8 Å². The number of hydrogen-bond donors (Lipinski definition) is 0. The van der Waals surface area contributed by atoms with Gasteiger partial charge in [-0.3, -0.25) is 9.59 Å². The van der Waals surface area contributed by atoms with Gasteiger partial charge in [-0.25, -0.2) is 0 Å².